The molecule has 1 aliphatic carbocycles. The summed E-state index contributed by atoms with van der Waals surface area (Å²) in [5, 5.41) is 8.69. The maximum atomic E-state index is 8.69. The summed E-state index contributed by atoms with van der Waals surface area (Å²) in [6.07, 6.45) is 4.92. The van der Waals surface area contributed by atoms with E-state index in [0.29, 0.717) is 5.41 Å². The first kappa shape index (κ1) is 11.2. The summed E-state index contributed by atoms with van der Waals surface area (Å²) >= 11 is 0. The quantitative estimate of drug-likeness (QED) is 0.687. The highest BCUT2D eigenvalue weighted by Crippen LogP contribution is 2.43. The van der Waals surface area contributed by atoms with Crippen LogP contribution in [0.2, 0.25) is 0 Å². The van der Waals surface area contributed by atoms with Gasteiger partial charge in [-0.05, 0) is 24.7 Å². The van der Waals surface area contributed by atoms with Crippen molar-refractivity contribution in [2.45, 2.75) is 38.6 Å². The Hall–Kier alpha value is 0.210. The summed E-state index contributed by atoms with van der Waals surface area (Å²) in [6, 6.07) is 0.00491. The summed E-state index contributed by atoms with van der Waals surface area (Å²) in [4.78, 5) is 0. The molecule has 11 heavy (non-hydrogen) atoms. The van der Waals surface area contributed by atoms with Crippen LogP contribution in [-0.2, 0) is 0 Å². The van der Waals surface area contributed by atoms with E-state index in [1.54, 1.807) is 0 Å². The van der Waals surface area contributed by atoms with Crippen LogP contribution in [0.1, 0.15) is 32.6 Å². The fourth-order valence-corrected chi connectivity index (χ4v) is 1.68. The normalized spacial score (nSPS) is 23.2. The zero-order valence-corrected chi connectivity index (χ0v) is 7.86. The van der Waals surface area contributed by atoms with Crippen LogP contribution >= 0.6 is 12.4 Å². The Morgan fingerprint density at radius 3 is 2.36 bits per heavy atom. The molecule has 68 valence electrons. The maximum Gasteiger partial charge on any atom is 0.0582 e. The lowest BCUT2D eigenvalue weighted by atomic mass is 9.67. The van der Waals surface area contributed by atoms with Crippen molar-refractivity contribution < 1.29 is 5.11 Å². The minimum atomic E-state index is 0. The molecule has 3 heteroatoms. The molecule has 1 rings (SSSR count). The van der Waals surface area contributed by atoms with Gasteiger partial charge >= 0.3 is 0 Å². The van der Waals surface area contributed by atoms with Crippen molar-refractivity contribution in [3.8, 4) is 0 Å². The third-order valence-electron chi connectivity index (χ3n) is 2.55. The van der Waals surface area contributed by atoms with Crippen LogP contribution in [0.4, 0.5) is 0 Å². The summed E-state index contributed by atoms with van der Waals surface area (Å²) in [6.45, 7) is 2.39. The van der Waals surface area contributed by atoms with E-state index in [2.05, 4.69) is 6.92 Å². The lowest BCUT2D eigenvalue weighted by molar-refractivity contribution is 0.116. The van der Waals surface area contributed by atoms with Gasteiger partial charge in [-0.2, -0.15) is 0 Å². The van der Waals surface area contributed by atoms with Gasteiger partial charge < -0.3 is 10.8 Å². The molecule has 1 aliphatic rings. The predicted octanol–water partition coefficient (Wildman–Crippen LogP) is 1.31. The van der Waals surface area contributed by atoms with Crippen molar-refractivity contribution in [3.05, 3.63) is 0 Å². The molecule has 0 spiro atoms. The molecule has 0 unspecified atom stereocenters. The third-order valence-corrected chi connectivity index (χ3v) is 2.55. The monoisotopic (exact) mass is 179 g/mol. The Balaban J connectivity index is 0.000001000. The van der Waals surface area contributed by atoms with E-state index in [0.717, 1.165) is 6.42 Å². The second kappa shape index (κ2) is 4.29. The molecule has 0 aromatic rings. The van der Waals surface area contributed by atoms with Gasteiger partial charge in [-0.15, -0.1) is 12.4 Å². The second-order valence-corrected chi connectivity index (χ2v) is 3.81. The van der Waals surface area contributed by atoms with Crippen molar-refractivity contribution in [2.24, 2.45) is 11.1 Å². The third kappa shape index (κ3) is 2.97. The van der Waals surface area contributed by atoms with E-state index in [1.807, 2.05) is 0 Å². The molecule has 0 bridgehead atoms. The Labute approximate surface area is 74.6 Å². The SMILES string of the molecule is CC1(C[C@@H](N)CO)CCC1.Cl. The number of nitrogens with two attached hydrogens (primary N) is 1. The van der Waals surface area contributed by atoms with Gasteiger partial charge in [0.05, 0.1) is 6.61 Å². The molecule has 1 fully saturated rings. The predicted molar refractivity (Wildman–Crippen MR) is 48.9 cm³/mol. The zero-order chi connectivity index (χ0) is 7.61. The maximum absolute atomic E-state index is 8.69. The molecule has 0 radical (unpaired) electrons. The Bertz CT molecular complexity index is 115. The van der Waals surface area contributed by atoms with Gasteiger partial charge in [-0.3, -0.25) is 0 Å². The summed E-state index contributed by atoms with van der Waals surface area (Å²) in [5.41, 5.74) is 6.08. The van der Waals surface area contributed by atoms with Crippen molar-refractivity contribution in [3.63, 3.8) is 0 Å². The molecular formula is C8H18ClNO. The Morgan fingerprint density at radius 1 is 1.55 bits per heavy atom. The molecule has 1 atom stereocenters. The van der Waals surface area contributed by atoms with E-state index >= 15 is 0 Å². The van der Waals surface area contributed by atoms with Crippen molar-refractivity contribution in [1.82, 2.24) is 0 Å². The van der Waals surface area contributed by atoms with Crippen LogP contribution in [0.5, 0.6) is 0 Å². The summed E-state index contributed by atoms with van der Waals surface area (Å²) in [7, 11) is 0. The van der Waals surface area contributed by atoms with Gasteiger partial charge in [0.15, 0.2) is 0 Å². The fourth-order valence-electron chi connectivity index (χ4n) is 1.68. The second-order valence-electron chi connectivity index (χ2n) is 3.81. The van der Waals surface area contributed by atoms with Gasteiger partial charge in [0.25, 0.3) is 0 Å². The standard InChI is InChI=1S/C8H17NO.ClH/c1-8(3-2-4-8)5-7(9)6-10;/h7,10H,2-6,9H2,1H3;1H/t7-;/m1./s1. The smallest absolute Gasteiger partial charge is 0.0582 e. The van der Waals surface area contributed by atoms with Crippen LogP contribution < -0.4 is 5.73 Å². The lowest BCUT2D eigenvalue weighted by Gasteiger charge is -2.39. The van der Waals surface area contributed by atoms with Crippen LogP contribution in [0.25, 0.3) is 0 Å². The van der Waals surface area contributed by atoms with E-state index in [4.69, 9.17) is 10.8 Å². The van der Waals surface area contributed by atoms with Gasteiger partial charge in [-0.1, -0.05) is 13.3 Å². The molecule has 0 aromatic heterocycles. The number of hydrogen-bond acceptors (Lipinski definition) is 2. The van der Waals surface area contributed by atoms with E-state index < -0.39 is 0 Å². The first-order valence-electron chi connectivity index (χ1n) is 4.03. The van der Waals surface area contributed by atoms with Gasteiger partial charge in [0, 0.05) is 6.04 Å². The number of halogens is 1. The molecule has 0 aromatic carbocycles. The Kier molecular flexibility index (Phi) is 4.37. The highest BCUT2D eigenvalue weighted by molar-refractivity contribution is 5.85. The number of aliphatic hydroxyl groups is 1. The topological polar surface area (TPSA) is 46.2 Å². The van der Waals surface area contributed by atoms with Crippen molar-refractivity contribution in [2.75, 3.05) is 6.61 Å². The molecule has 2 nitrogen and oxygen atoms in total. The molecule has 0 saturated heterocycles. The molecule has 1 saturated carbocycles. The highest BCUT2D eigenvalue weighted by atomic mass is 35.5. The summed E-state index contributed by atoms with van der Waals surface area (Å²) in [5.74, 6) is 0. The molecule has 0 heterocycles. The highest BCUT2D eigenvalue weighted by Gasteiger charge is 2.32. The van der Waals surface area contributed by atoms with Gasteiger partial charge in [0.1, 0.15) is 0 Å². The molecule has 0 amide bonds. The minimum absolute atomic E-state index is 0. The van der Waals surface area contributed by atoms with E-state index in [9.17, 15) is 0 Å². The number of hydrogen-bond donors (Lipinski definition) is 2. The average Bonchev–Trinajstić information content (AvgIpc) is 1.84. The lowest BCUT2D eigenvalue weighted by Crippen LogP contribution is -2.36. The molecular weight excluding hydrogens is 162 g/mol. The number of rotatable bonds is 3. The Morgan fingerprint density at radius 2 is 2.09 bits per heavy atom. The van der Waals surface area contributed by atoms with E-state index in [-0.39, 0.29) is 25.1 Å². The van der Waals surface area contributed by atoms with Gasteiger partial charge in [-0.25, -0.2) is 0 Å². The van der Waals surface area contributed by atoms with Crippen molar-refractivity contribution in [1.29, 1.82) is 0 Å². The van der Waals surface area contributed by atoms with Crippen molar-refractivity contribution >= 4 is 12.4 Å². The van der Waals surface area contributed by atoms with Crippen LogP contribution in [0, 0.1) is 5.41 Å². The largest absolute Gasteiger partial charge is 0.395 e. The number of aliphatic hydroxyl groups excluding tert-OH is 1. The zero-order valence-electron chi connectivity index (χ0n) is 7.05. The molecule has 0 aliphatic heterocycles. The first-order valence-corrected chi connectivity index (χ1v) is 4.03. The van der Waals surface area contributed by atoms with Crippen LogP contribution in [-0.4, -0.2) is 17.8 Å². The van der Waals surface area contributed by atoms with Crippen LogP contribution in [0.3, 0.4) is 0 Å². The summed E-state index contributed by atoms with van der Waals surface area (Å²) < 4.78 is 0. The minimum Gasteiger partial charge on any atom is -0.395 e. The average molecular weight is 180 g/mol. The fraction of sp³-hybridized carbons (Fsp3) is 1.00. The first-order chi connectivity index (χ1) is 4.66. The molecule has 3 N–H and O–H groups in total. The van der Waals surface area contributed by atoms with E-state index in [1.165, 1.54) is 19.3 Å². The van der Waals surface area contributed by atoms with Gasteiger partial charge in [0.2, 0.25) is 0 Å². The van der Waals surface area contributed by atoms with Crippen LogP contribution in [0.15, 0.2) is 0 Å².